The summed E-state index contributed by atoms with van der Waals surface area (Å²) in [5, 5.41) is 9.63. The highest BCUT2D eigenvalue weighted by atomic mass is 15.2. The Morgan fingerprint density at radius 1 is 0.140 bits per heavy atom. The lowest BCUT2D eigenvalue weighted by atomic mass is 9.99. The Morgan fingerprint density at radius 2 is 0.384 bits per heavy atom. The summed E-state index contributed by atoms with van der Waals surface area (Å²) < 4.78 is 0. The molecular weight excluding hydrogens is 1040 g/mol. The molecule has 15 aromatic carbocycles. The summed E-state index contributed by atoms with van der Waals surface area (Å²) in [6, 6.07) is 127. The lowest BCUT2D eigenvalue weighted by molar-refractivity contribution is 1.26. The van der Waals surface area contributed by atoms with E-state index in [1.165, 1.54) is 43.1 Å². The van der Waals surface area contributed by atoms with Crippen LogP contribution < -0.4 is 19.6 Å². The van der Waals surface area contributed by atoms with Crippen LogP contribution in [0.2, 0.25) is 0 Å². The van der Waals surface area contributed by atoms with Crippen molar-refractivity contribution in [1.82, 2.24) is 0 Å². The van der Waals surface area contributed by atoms with E-state index in [1.54, 1.807) is 0 Å². The minimum atomic E-state index is 1.07. The van der Waals surface area contributed by atoms with Crippen LogP contribution in [0.4, 0.5) is 68.2 Å². The number of nitrogens with zero attached hydrogens (tertiary/aromatic N) is 4. The summed E-state index contributed by atoms with van der Waals surface area (Å²) >= 11 is 0. The van der Waals surface area contributed by atoms with Crippen molar-refractivity contribution in [2.24, 2.45) is 0 Å². The Bertz CT molecular complexity index is 4530. The predicted octanol–water partition coefficient (Wildman–Crippen LogP) is 23.5. The van der Waals surface area contributed by atoms with Gasteiger partial charge in [-0.1, -0.05) is 218 Å². The van der Waals surface area contributed by atoms with Gasteiger partial charge in [0.25, 0.3) is 0 Å². The van der Waals surface area contributed by atoms with E-state index in [4.69, 9.17) is 0 Å². The van der Waals surface area contributed by atoms with Crippen molar-refractivity contribution in [3.63, 3.8) is 0 Å². The van der Waals surface area contributed by atoms with Gasteiger partial charge in [0.15, 0.2) is 0 Å². The monoisotopic (exact) mass is 1100 g/mol. The number of para-hydroxylation sites is 2. The predicted molar refractivity (Wildman–Crippen MR) is 366 cm³/mol. The van der Waals surface area contributed by atoms with Crippen LogP contribution in [0.5, 0.6) is 0 Å². The van der Waals surface area contributed by atoms with Gasteiger partial charge in [0, 0.05) is 67.6 Å². The van der Waals surface area contributed by atoms with Crippen LogP contribution in [-0.4, -0.2) is 0 Å². The molecule has 0 heterocycles. The highest BCUT2D eigenvalue weighted by Crippen LogP contribution is 2.45. The Balaban J connectivity index is 0.724. The number of anilines is 12. The molecule has 0 atom stereocenters. The minimum Gasteiger partial charge on any atom is -0.310 e. The number of benzene rings is 15. The first-order chi connectivity index (χ1) is 42.6. The summed E-state index contributed by atoms with van der Waals surface area (Å²) in [5.41, 5.74) is 17.7. The fourth-order valence-corrected chi connectivity index (χ4v) is 12.3. The molecule has 0 aliphatic carbocycles. The van der Waals surface area contributed by atoms with E-state index < -0.39 is 0 Å². The lowest BCUT2D eigenvalue weighted by Gasteiger charge is -2.29. The first kappa shape index (κ1) is 51.4. The van der Waals surface area contributed by atoms with E-state index in [1.807, 2.05) is 0 Å². The van der Waals surface area contributed by atoms with Gasteiger partial charge in [0.1, 0.15) is 0 Å². The second-order valence-electron chi connectivity index (χ2n) is 21.8. The molecule has 0 unspecified atom stereocenters. The van der Waals surface area contributed by atoms with Crippen LogP contribution >= 0.6 is 0 Å². The maximum atomic E-state index is 2.36. The van der Waals surface area contributed by atoms with Crippen molar-refractivity contribution in [2.75, 3.05) is 19.6 Å². The van der Waals surface area contributed by atoms with Crippen molar-refractivity contribution in [1.29, 1.82) is 0 Å². The molecule has 4 nitrogen and oxygen atoms in total. The molecule has 86 heavy (non-hydrogen) atoms. The zero-order valence-corrected chi connectivity index (χ0v) is 47.3. The van der Waals surface area contributed by atoms with Gasteiger partial charge in [0.05, 0.1) is 11.4 Å². The molecule has 0 saturated carbocycles. The SMILES string of the molecule is c1ccc(N(c2ccc(N(c3ccc(-c4ccc(-c5ccc(N(c6ccc(N(c7ccccc7)c7cccc8ccccc78)cc6)c6ccc7ccccc7c6)cc5)cc4)cc3)c3ccc4ccccc4c3)cc2)c2cccc3ccccc23)cc1. The summed E-state index contributed by atoms with van der Waals surface area (Å²) in [7, 11) is 0. The average molecular weight is 1100 g/mol. The van der Waals surface area contributed by atoms with Crippen LogP contribution in [0.3, 0.4) is 0 Å². The molecule has 0 aromatic heterocycles. The molecule has 4 heteroatoms. The van der Waals surface area contributed by atoms with E-state index in [0.717, 1.165) is 90.5 Å². The van der Waals surface area contributed by atoms with Gasteiger partial charge in [-0.2, -0.15) is 0 Å². The summed E-state index contributed by atoms with van der Waals surface area (Å²) in [6.45, 7) is 0. The van der Waals surface area contributed by atoms with E-state index >= 15 is 0 Å². The van der Waals surface area contributed by atoms with E-state index in [0.29, 0.717) is 0 Å². The molecule has 0 amide bonds. The van der Waals surface area contributed by atoms with Gasteiger partial charge in [-0.05, 0) is 188 Å². The largest absolute Gasteiger partial charge is 0.310 e. The third kappa shape index (κ3) is 10.0. The van der Waals surface area contributed by atoms with Crippen LogP contribution in [0.25, 0.3) is 65.3 Å². The second-order valence-corrected chi connectivity index (χ2v) is 21.8. The zero-order valence-electron chi connectivity index (χ0n) is 47.3. The van der Waals surface area contributed by atoms with Crippen molar-refractivity contribution < 1.29 is 0 Å². The molecule has 0 bridgehead atoms. The van der Waals surface area contributed by atoms with Crippen molar-refractivity contribution >= 4 is 111 Å². The van der Waals surface area contributed by atoms with Crippen molar-refractivity contribution in [3.05, 3.63) is 352 Å². The van der Waals surface area contributed by atoms with Gasteiger partial charge >= 0.3 is 0 Å². The smallest absolute Gasteiger partial charge is 0.0540 e. The van der Waals surface area contributed by atoms with Gasteiger partial charge in [-0.3, -0.25) is 0 Å². The fraction of sp³-hybridized carbons (Fsp3) is 0. The number of rotatable bonds is 14. The Hall–Kier alpha value is -11.5. The van der Waals surface area contributed by atoms with Crippen LogP contribution in [0, 0.1) is 0 Å². The third-order valence-corrected chi connectivity index (χ3v) is 16.6. The van der Waals surface area contributed by atoms with Gasteiger partial charge in [-0.15, -0.1) is 0 Å². The Labute approximate surface area is 502 Å². The standard InChI is InChI=1S/C82H58N4/c1-3-25-69(26-4-1)85(81-31-15-23-65-19-11-13-29-79(65)81)75-53-49-73(50-54-75)83(77-47-41-59-17-7-9-21-67(59)57-77)71-43-37-63(38-44-71)61-33-35-62(36-34-61)64-39-45-72(46-40-64)84(78-48-42-60-18-8-10-22-68(60)58-78)74-51-55-76(56-52-74)86(70-27-5-2-6-28-70)82-32-16-24-66-20-12-14-30-80(66)82/h1-58H. The normalized spacial score (nSPS) is 11.3. The van der Waals surface area contributed by atoms with Crippen LogP contribution in [-0.2, 0) is 0 Å². The average Bonchev–Trinajstić information content (AvgIpc) is 2.49. The molecule has 0 saturated heterocycles. The molecule has 0 aliphatic heterocycles. The quantitative estimate of drug-likeness (QED) is 0.108. The fourth-order valence-electron chi connectivity index (χ4n) is 12.3. The van der Waals surface area contributed by atoms with E-state index in [2.05, 4.69) is 371 Å². The first-order valence-electron chi connectivity index (χ1n) is 29.4. The molecule has 0 N–H and O–H groups in total. The first-order valence-corrected chi connectivity index (χ1v) is 29.4. The van der Waals surface area contributed by atoms with Gasteiger partial charge in [0.2, 0.25) is 0 Å². The minimum absolute atomic E-state index is 1.07. The number of hydrogen-bond acceptors (Lipinski definition) is 4. The molecule has 0 fully saturated rings. The summed E-state index contributed by atoms with van der Waals surface area (Å²) in [5.74, 6) is 0. The van der Waals surface area contributed by atoms with Crippen LogP contribution in [0.1, 0.15) is 0 Å². The lowest BCUT2D eigenvalue weighted by Crippen LogP contribution is -2.12. The third-order valence-electron chi connectivity index (χ3n) is 16.6. The number of hydrogen-bond donors (Lipinski definition) is 0. The molecule has 0 radical (unpaired) electrons. The van der Waals surface area contributed by atoms with Gasteiger partial charge < -0.3 is 19.6 Å². The van der Waals surface area contributed by atoms with Crippen molar-refractivity contribution in [3.8, 4) is 22.3 Å². The molecule has 406 valence electrons. The Morgan fingerprint density at radius 3 is 0.744 bits per heavy atom. The highest BCUT2D eigenvalue weighted by Gasteiger charge is 2.21. The summed E-state index contributed by atoms with van der Waals surface area (Å²) in [6.07, 6.45) is 0. The summed E-state index contributed by atoms with van der Waals surface area (Å²) in [4.78, 5) is 9.44. The zero-order chi connectivity index (χ0) is 57.2. The highest BCUT2D eigenvalue weighted by molar-refractivity contribution is 6.01. The van der Waals surface area contributed by atoms with Crippen molar-refractivity contribution in [2.45, 2.75) is 0 Å². The molecule has 15 rings (SSSR count). The molecular formula is C82H58N4. The topological polar surface area (TPSA) is 13.0 Å². The molecule has 0 aliphatic rings. The second kappa shape index (κ2) is 22.7. The van der Waals surface area contributed by atoms with Gasteiger partial charge in [-0.25, -0.2) is 0 Å². The van der Waals surface area contributed by atoms with E-state index in [-0.39, 0.29) is 0 Å². The van der Waals surface area contributed by atoms with E-state index in [9.17, 15) is 0 Å². The van der Waals surface area contributed by atoms with Crippen LogP contribution in [0.15, 0.2) is 352 Å². The molecule has 15 aromatic rings. The number of fused-ring (bicyclic) bond motifs is 4. The maximum Gasteiger partial charge on any atom is 0.0540 e. The maximum absolute atomic E-state index is 2.36. The molecule has 0 spiro atoms. The Kier molecular flexibility index (Phi) is 13.6.